The summed E-state index contributed by atoms with van der Waals surface area (Å²) in [5.41, 5.74) is 0. The fraction of sp³-hybridized carbons (Fsp3) is 0.818. The Morgan fingerprint density at radius 2 is 1.87 bits per heavy atom. The van der Waals surface area contributed by atoms with Gasteiger partial charge in [-0.1, -0.05) is 20.3 Å². The first-order valence-electron chi connectivity index (χ1n) is 5.44. The number of hydrogen-bond donors (Lipinski definition) is 1. The molecule has 1 unspecified atom stereocenters. The van der Waals surface area contributed by atoms with Crippen molar-refractivity contribution in [1.29, 1.82) is 0 Å². The van der Waals surface area contributed by atoms with E-state index >= 15 is 0 Å². The van der Waals surface area contributed by atoms with E-state index in [9.17, 15) is 9.59 Å². The van der Waals surface area contributed by atoms with Crippen molar-refractivity contribution in [3.63, 3.8) is 0 Å². The number of thiol groups is 1. The minimum absolute atomic E-state index is 0.305. The second-order valence-electron chi connectivity index (χ2n) is 3.78. The van der Waals surface area contributed by atoms with Crippen LogP contribution in [0.15, 0.2) is 0 Å². The van der Waals surface area contributed by atoms with Gasteiger partial charge in [-0.25, -0.2) is 0 Å². The quantitative estimate of drug-likeness (QED) is 0.417. The highest BCUT2D eigenvalue weighted by atomic mass is 32.1. The maximum Gasteiger partial charge on any atom is 0.313 e. The van der Waals surface area contributed by atoms with Crippen LogP contribution in [0.4, 0.5) is 0 Å². The Kier molecular flexibility index (Phi) is 8.47. The lowest BCUT2D eigenvalue weighted by atomic mass is 10.1. The molecule has 0 aromatic heterocycles. The van der Waals surface area contributed by atoms with E-state index in [0.29, 0.717) is 18.8 Å². The molecule has 0 fully saturated rings. The molecule has 0 radical (unpaired) electrons. The average molecular weight is 232 g/mol. The second-order valence-corrected chi connectivity index (χ2v) is 4.14. The largest absolute Gasteiger partial charge is 0.393 e. The molecule has 0 aliphatic carbocycles. The van der Waals surface area contributed by atoms with Crippen LogP contribution < -0.4 is 0 Å². The molecule has 0 N–H and O–H groups in total. The molecular formula is C11H20O3S. The molecule has 0 saturated heterocycles. The van der Waals surface area contributed by atoms with E-state index in [-0.39, 0.29) is 0 Å². The highest BCUT2D eigenvalue weighted by molar-refractivity contribution is 7.80. The summed E-state index contributed by atoms with van der Waals surface area (Å²) in [4.78, 5) is 22.2. The fourth-order valence-corrected chi connectivity index (χ4v) is 1.19. The lowest BCUT2D eigenvalue weighted by Gasteiger charge is -2.06. The van der Waals surface area contributed by atoms with Gasteiger partial charge in [0.2, 0.25) is 0 Å². The summed E-state index contributed by atoms with van der Waals surface area (Å²) in [6, 6.07) is 0. The van der Waals surface area contributed by atoms with Gasteiger partial charge in [0.1, 0.15) is 0 Å². The van der Waals surface area contributed by atoms with Crippen LogP contribution in [0.5, 0.6) is 0 Å². The van der Waals surface area contributed by atoms with E-state index in [2.05, 4.69) is 17.4 Å². The van der Waals surface area contributed by atoms with Gasteiger partial charge in [-0.05, 0) is 24.5 Å². The van der Waals surface area contributed by atoms with E-state index in [1.165, 1.54) is 0 Å². The van der Waals surface area contributed by atoms with E-state index in [1.54, 1.807) is 0 Å². The van der Waals surface area contributed by atoms with Crippen molar-refractivity contribution < 1.29 is 14.3 Å². The molecule has 1 atom stereocenters. The molecule has 0 bridgehead atoms. The molecule has 0 amide bonds. The molecule has 0 spiro atoms. The summed E-state index contributed by atoms with van der Waals surface area (Å²) in [6.45, 7) is 4.00. The summed E-state index contributed by atoms with van der Waals surface area (Å²) in [5.74, 6) is 0.314. The SMILES string of the molecule is CCCCC(=O)OC(=O)CCC(C)CS. The standard InChI is InChI=1S/C11H20O3S/c1-3-4-5-10(12)14-11(13)7-6-9(2)8-15/h9,15H,3-8H2,1-2H3. The molecule has 88 valence electrons. The number of esters is 2. The third kappa shape index (κ3) is 8.48. The number of unbranched alkanes of at least 4 members (excludes halogenated alkanes) is 1. The Morgan fingerprint density at radius 1 is 1.27 bits per heavy atom. The molecule has 4 heteroatoms. The molecule has 15 heavy (non-hydrogen) atoms. The third-order valence-electron chi connectivity index (χ3n) is 2.12. The van der Waals surface area contributed by atoms with Crippen LogP contribution in [0.1, 0.15) is 46.0 Å². The summed E-state index contributed by atoms with van der Waals surface area (Å²) < 4.78 is 4.64. The van der Waals surface area contributed by atoms with E-state index in [1.807, 2.05) is 13.8 Å². The van der Waals surface area contributed by atoms with E-state index < -0.39 is 11.9 Å². The fourth-order valence-electron chi connectivity index (χ4n) is 1.01. The Morgan fingerprint density at radius 3 is 2.40 bits per heavy atom. The molecule has 0 aromatic carbocycles. The zero-order valence-electron chi connectivity index (χ0n) is 9.49. The minimum Gasteiger partial charge on any atom is -0.393 e. The van der Waals surface area contributed by atoms with E-state index in [4.69, 9.17) is 0 Å². The summed E-state index contributed by atoms with van der Waals surface area (Å²) >= 11 is 4.11. The van der Waals surface area contributed by atoms with Gasteiger partial charge in [-0.3, -0.25) is 9.59 Å². The van der Waals surface area contributed by atoms with Crippen molar-refractivity contribution in [1.82, 2.24) is 0 Å². The normalized spacial score (nSPS) is 12.2. The molecule has 3 nitrogen and oxygen atoms in total. The van der Waals surface area contributed by atoms with Gasteiger partial charge >= 0.3 is 11.9 Å². The van der Waals surface area contributed by atoms with Crippen LogP contribution in [-0.2, 0) is 14.3 Å². The zero-order valence-corrected chi connectivity index (χ0v) is 10.4. The van der Waals surface area contributed by atoms with Gasteiger partial charge in [-0.15, -0.1) is 0 Å². The van der Waals surface area contributed by atoms with Gasteiger partial charge in [-0.2, -0.15) is 12.6 Å². The molecule has 0 rings (SSSR count). The van der Waals surface area contributed by atoms with Gasteiger partial charge in [0, 0.05) is 12.8 Å². The highest BCUT2D eigenvalue weighted by Gasteiger charge is 2.11. The predicted molar refractivity (Wildman–Crippen MR) is 62.9 cm³/mol. The number of rotatable bonds is 7. The lowest BCUT2D eigenvalue weighted by molar-refractivity contribution is -0.159. The van der Waals surface area contributed by atoms with Crippen LogP contribution in [0.3, 0.4) is 0 Å². The minimum atomic E-state index is -0.412. The first-order chi connectivity index (χ1) is 7.10. The molecule has 0 aliphatic heterocycles. The van der Waals surface area contributed by atoms with Gasteiger partial charge in [0.05, 0.1) is 0 Å². The number of ether oxygens (including phenoxy) is 1. The van der Waals surface area contributed by atoms with Crippen molar-refractivity contribution in [2.45, 2.75) is 46.0 Å². The zero-order chi connectivity index (χ0) is 11.7. The third-order valence-corrected chi connectivity index (χ3v) is 2.74. The van der Waals surface area contributed by atoms with E-state index in [0.717, 1.165) is 25.0 Å². The maximum absolute atomic E-state index is 11.2. The lowest BCUT2D eigenvalue weighted by Crippen LogP contribution is -2.13. The first kappa shape index (κ1) is 14.5. The van der Waals surface area contributed by atoms with Crippen molar-refractivity contribution in [3.8, 4) is 0 Å². The second kappa shape index (κ2) is 8.77. The van der Waals surface area contributed by atoms with Gasteiger partial charge in [0.25, 0.3) is 0 Å². The predicted octanol–water partition coefficient (Wildman–Crippen LogP) is 2.59. The Hall–Kier alpha value is -0.510. The molecule has 0 aromatic rings. The van der Waals surface area contributed by atoms with Crippen LogP contribution in [0.2, 0.25) is 0 Å². The first-order valence-corrected chi connectivity index (χ1v) is 6.07. The number of carbonyl (C=O) groups is 2. The van der Waals surface area contributed by atoms with Crippen molar-refractivity contribution >= 4 is 24.6 Å². The summed E-state index contributed by atoms with van der Waals surface area (Å²) in [5, 5.41) is 0. The molecule has 0 heterocycles. The summed E-state index contributed by atoms with van der Waals surface area (Å²) in [6.07, 6.45) is 3.08. The topological polar surface area (TPSA) is 43.4 Å². The van der Waals surface area contributed by atoms with Crippen LogP contribution in [0, 0.1) is 5.92 Å². The van der Waals surface area contributed by atoms with Gasteiger partial charge in [0.15, 0.2) is 0 Å². The van der Waals surface area contributed by atoms with Crippen LogP contribution >= 0.6 is 12.6 Å². The van der Waals surface area contributed by atoms with Gasteiger partial charge < -0.3 is 4.74 Å². The number of hydrogen-bond acceptors (Lipinski definition) is 4. The van der Waals surface area contributed by atoms with Crippen molar-refractivity contribution in [2.24, 2.45) is 5.92 Å². The van der Waals surface area contributed by atoms with Crippen LogP contribution in [0.25, 0.3) is 0 Å². The number of carbonyl (C=O) groups excluding carboxylic acids is 2. The maximum atomic E-state index is 11.2. The Balaban J connectivity index is 3.60. The Labute approximate surface area is 97.0 Å². The summed E-state index contributed by atoms with van der Waals surface area (Å²) in [7, 11) is 0. The monoisotopic (exact) mass is 232 g/mol. The smallest absolute Gasteiger partial charge is 0.313 e. The van der Waals surface area contributed by atoms with Crippen LogP contribution in [-0.4, -0.2) is 17.7 Å². The highest BCUT2D eigenvalue weighted by Crippen LogP contribution is 2.08. The molecule has 0 saturated carbocycles. The van der Waals surface area contributed by atoms with Crippen molar-refractivity contribution in [2.75, 3.05) is 5.75 Å². The molecular weight excluding hydrogens is 212 g/mol. The Bertz CT molecular complexity index is 204. The molecule has 0 aliphatic rings. The average Bonchev–Trinajstić information content (AvgIpc) is 2.22. The van der Waals surface area contributed by atoms with Crippen molar-refractivity contribution in [3.05, 3.63) is 0 Å².